The molecule has 2 N–H and O–H groups in total. The van der Waals surface area contributed by atoms with Crippen molar-refractivity contribution in [2.75, 3.05) is 20.2 Å². The molecule has 1 aromatic carbocycles. The minimum absolute atomic E-state index is 0.140. The Morgan fingerprint density at radius 1 is 1.16 bits per heavy atom. The summed E-state index contributed by atoms with van der Waals surface area (Å²) in [6.45, 7) is 6.62. The number of hydrogen-bond acceptors (Lipinski definition) is 4. The number of unbranched alkanes of at least 4 members (excludes halogenated alkanes) is 1. The summed E-state index contributed by atoms with van der Waals surface area (Å²) in [4.78, 5) is 34.0. The number of aromatic amines is 2. The Balaban J connectivity index is 1.45. The smallest absolute Gasteiger partial charge is 0.278 e. The number of methoxy groups -OCH3 is 1. The molecule has 3 aromatic rings. The van der Waals surface area contributed by atoms with E-state index in [0.717, 1.165) is 42.6 Å². The monoisotopic (exact) mass is 442 g/mol. The van der Waals surface area contributed by atoms with Crippen molar-refractivity contribution in [2.45, 2.75) is 46.1 Å². The molecule has 2 unspecified atom stereocenters. The number of amides is 1. The molecule has 1 aliphatic heterocycles. The standard InChI is InChI=1S/C23H30N4O3S/c1-14-10-15(2)13-26(12-14)19(28)6-4-5-9-27-22(29)21-20(25-23(27)31)17-11-16(30-3)7-8-18(17)24-21/h7-8,11,14-15,24H,4-6,9-10,12-13H2,1-3H3,(H,25,31). The molecule has 0 saturated carbocycles. The average Bonchev–Trinajstić information content (AvgIpc) is 3.10. The second-order valence-corrected chi connectivity index (χ2v) is 9.26. The van der Waals surface area contributed by atoms with Crippen LogP contribution in [0.25, 0.3) is 21.9 Å². The first kappa shape index (κ1) is 21.6. The maximum atomic E-state index is 13.1. The van der Waals surface area contributed by atoms with Gasteiger partial charge in [-0.15, -0.1) is 0 Å². The molecule has 1 amide bonds. The molecule has 1 aliphatic rings. The van der Waals surface area contributed by atoms with Crippen LogP contribution in [0.15, 0.2) is 23.0 Å². The second kappa shape index (κ2) is 8.86. The Morgan fingerprint density at radius 3 is 2.61 bits per heavy atom. The number of H-pyrrole nitrogens is 2. The lowest BCUT2D eigenvalue weighted by atomic mass is 9.91. The van der Waals surface area contributed by atoms with Crippen molar-refractivity contribution in [1.82, 2.24) is 19.4 Å². The number of rotatable bonds is 6. The highest BCUT2D eigenvalue weighted by Gasteiger charge is 2.24. The Hall–Kier alpha value is -2.61. The number of fused-ring (bicyclic) bond motifs is 3. The zero-order valence-electron chi connectivity index (χ0n) is 18.4. The van der Waals surface area contributed by atoms with E-state index in [2.05, 4.69) is 23.8 Å². The molecule has 0 spiro atoms. The quantitative estimate of drug-likeness (QED) is 0.442. The number of nitrogens with one attached hydrogen (secondary N) is 2. The zero-order valence-corrected chi connectivity index (χ0v) is 19.2. The van der Waals surface area contributed by atoms with E-state index < -0.39 is 0 Å². The van der Waals surface area contributed by atoms with Crippen molar-refractivity contribution in [3.05, 3.63) is 33.3 Å². The van der Waals surface area contributed by atoms with E-state index in [9.17, 15) is 9.59 Å². The number of ether oxygens (including phenoxy) is 1. The topological polar surface area (TPSA) is 83.1 Å². The fraction of sp³-hybridized carbons (Fsp3) is 0.522. The van der Waals surface area contributed by atoms with Crippen molar-refractivity contribution >= 4 is 40.1 Å². The van der Waals surface area contributed by atoms with E-state index in [0.29, 0.717) is 40.6 Å². The predicted molar refractivity (Wildman–Crippen MR) is 125 cm³/mol. The van der Waals surface area contributed by atoms with E-state index in [1.807, 2.05) is 23.1 Å². The van der Waals surface area contributed by atoms with Gasteiger partial charge in [0, 0.05) is 37.0 Å². The van der Waals surface area contributed by atoms with Crippen LogP contribution in [-0.4, -0.2) is 45.5 Å². The van der Waals surface area contributed by atoms with Crippen LogP contribution in [0.3, 0.4) is 0 Å². The van der Waals surface area contributed by atoms with E-state index in [1.165, 1.54) is 6.42 Å². The van der Waals surface area contributed by atoms with Gasteiger partial charge in [-0.3, -0.25) is 14.2 Å². The van der Waals surface area contributed by atoms with E-state index in [1.54, 1.807) is 11.7 Å². The molecule has 3 heterocycles. The Kier molecular flexibility index (Phi) is 6.18. The first-order valence-corrected chi connectivity index (χ1v) is 11.4. The number of likely N-dealkylation sites (tertiary alicyclic amines) is 1. The minimum Gasteiger partial charge on any atom is -0.497 e. The first-order valence-electron chi connectivity index (χ1n) is 11.0. The number of hydrogen-bond donors (Lipinski definition) is 2. The fourth-order valence-corrected chi connectivity index (χ4v) is 5.04. The third-order valence-corrected chi connectivity index (χ3v) is 6.51. The summed E-state index contributed by atoms with van der Waals surface area (Å²) >= 11 is 5.47. The van der Waals surface area contributed by atoms with Gasteiger partial charge >= 0.3 is 0 Å². The molecule has 0 radical (unpaired) electrons. The summed E-state index contributed by atoms with van der Waals surface area (Å²) in [7, 11) is 1.61. The molecule has 0 aliphatic carbocycles. The molecule has 2 atom stereocenters. The molecular formula is C23H30N4O3S. The van der Waals surface area contributed by atoms with Crippen LogP contribution in [0.2, 0.25) is 0 Å². The SMILES string of the molecule is COc1ccc2[nH]c3c(=O)n(CCCCC(=O)N4CC(C)CC(C)C4)c(=S)[nH]c3c2c1. The van der Waals surface area contributed by atoms with Gasteiger partial charge in [0.15, 0.2) is 4.77 Å². The molecule has 8 heteroatoms. The fourth-order valence-electron chi connectivity index (χ4n) is 4.76. The maximum absolute atomic E-state index is 13.1. The predicted octanol–water partition coefficient (Wildman–Crippen LogP) is 4.22. The third kappa shape index (κ3) is 4.39. The molecule has 1 saturated heterocycles. The molecule has 7 nitrogen and oxygen atoms in total. The first-order chi connectivity index (χ1) is 14.9. The van der Waals surface area contributed by atoms with Crippen LogP contribution >= 0.6 is 12.2 Å². The number of piperidine rings is 1. The van der Waals surface area contributed by atoms with Crippen LogP contribution in [0.5, 0.6) is 5.75 Å². The number of carbonyl (C=O) groups is 1. The molecule has 1 fully saturated rings. The van der Waals surface area contributed by atoms with Crippen LogP contribution < -0.4 is 10.3 Å². The third-order valence-electron chi connectivity index (χ3n) is 6.19. The number of carbonyl (C=O) groups excluding carboxylic acids is 1. The van der Waals surface area contributed by atoms with Gasteiger partial charge in [-0.2, -0.15) is 0 Å². The average molecular weight is 443 g/mol. The highest BCUT2D eigenvalue weighted by molar-refractivity contribution is 7.71. The van der Waals surface area contributed by atoms with Crippen molar-refractivity contribution in [1.29, 1.82) is 0 Å². The van der Waals surface area contributed by atoms with Gasteiger partial charge in [-0.1, -0.05) is 13.8 Å². The van der Waals surface area contributed by atoms with Crippen molar-refractivity contribution in [3.63, 3.8) is 0 Å². The van der Waals surface area contributed by atoms with Crippen molar-refractivity contribution < 1.29 is 9.53 Å². The summed E-state index contributed by atoms with van der Waals surface area (Å²) in [6, 6.07) is 5.63. The van der Waals surface area contributed by atoms with E-state index >= 15 is 0 Å². The number of benzene rings is 1. The maximum Gasteiger partial charge on any atom is 0.278 e. The summed E-state index contributed by atoms with van der Waals surface area (Å²) in [5, 5.41) is 0.875. The highest BCUT2D eigenvalue weighted by Crippen LogP contribution is 2.26. The summed E-state index contributed by atoms with van der Waals surface area (Å²) in [6.07, 6.45) is 3.16. The van der Waals surface area contributed by atoms with Gasteiger partial charge in [-0.05, 0) is 61.5 Å². The lowest BCUT2D eigenvalue weighted by Crippen LogP contribution is -2.42. The number of nitrogens with zero attached hydrogens (tertiary/aromatic N) is 2. The molecule has 31 heavy (non-hydrogen) atoms. The molecule has 4 rings (SSSR count). The Bertz CT molecular complexity index is 1220. The van der Waals surface area contributed by atoms with Gasteiger partial charge < -0.3 is 19.6 Å². The van der Waals surface area contributed by atoms with E-state index in [-0.39, 0.29) is 11.5 Å². The number of aromatic nitrogens is 3. The largest absolute Gasteiger partial charge is 0.497 e. The summed E-state index contributed by atoms with van der Waals surface area (Å²) in [5.41, 5.74) is 1.92. The van der Waals surface area contributed by atoms with Crippen LogP contribution in [0, 0.1) is 16.6 Å². The normalized spacial score (nSPS) is 19.3. The molecule has 2 aromatic heterocycles. The van der Waals surface area contributed by atoms with Gasteiger partial charge in [0.25, 0.3) is 5.56 Å². The zero-order chi connectivity index (χ0) is 22.1. The molecule has 0 bridgehead atoms. The van der Waals surface area contributed by atoms with Crippen molar-refractivity contribution in [2.24, 2.45) is 11.8 Å². The van der Waals surface area contributed by atoms with Gasteiger partial charge in [0.05, 0.1) is 12.6 Å². The molecular weight excluding hydrogens is 412 g/mol. The lowest BCUT2D eigenvalue weighted by molar-refractivity contribution is -0.134. The van der Waals surface area contributed by atoms with Gasteiger partial charge in [-0.25, -0.2) is 0 Å². The second-order valence-electron chi connectivity index (χ2n) is 8.88. The van der Waals surface area contributed by atoms with Crippen LogP contribution in [0.1, 0.15) is 39.5 Å². The lowest BCUT2D eigenvalue weighted by Gasteiger charge is -2.35. The Labute approximate surface area is 186 Å². The van der Waals surface area contributed by atoms with Crippen LogP contribution in [-0.2, 0) is 11.3 Å². The minimum atomic E-state index is -0.140. The summed E-state index contributed by atoms with van der Waals surface area (Å²) < 4.78 is 7.27. The van der Waals surface area contributed by atoms with Crippen molar-refractivity contribution in [3.8, 4) is 5.75 Å². The van der Waals surface area contributed by atoms with Gasteiger partial charge in [0.1, 0.15) is 11.3 Å². The highest BCUT2D eigenvalue weighted by atomic mass is 32.1. The van der Waals surface area contributed by atoms with Crippen LogP contribution in [0.4, 0.5) is 0 Å². The van der Waals surface area contributed by atoms with Gasteiger partial charge in [0.2, 0.25) is 5.91 Å². The summed E-state index contributed by atoms with van der Waals surface area (Å²) in [5.74, 6) is 2.06. The molecule has 166 valence electrons. The Morgan fingerprint density at radius 2 is 1.90 bits per heavy atom. The van der Waals surface area contributed by atoms with E-state index in [4.69, 9.17) is 17.0 Å².